The number of nitrogens with zero attached hydrogens (tertiary/aromatic N) is 1. The van der Waals surface area contributed by atoms with Crippen LogP contribution in [0.1, 0.15) is 25.7 Å². The van der Waals surface area contributed by atoms with Crippen LogP contribution in [0.2, 0.25) is 10.0 Å². The molecule has 2 aliphatic rings. The third kappa shape index (κ3) is 7.86. The summed E-state index contributed by atoms with van der Waals surface area (Å²) in [5.41, 5.74) is 0.546. The fraction of sp³-hybridized carbons (Fsp3) is 0.480. The molecule has 6 nitrogen and oxygen atoms in total. The van der Waals surface area contributed by atoms with Gasteiger partial charge in [-0.25, -0.2) is 8.78 Å². The zero-order chi connectivity index (χ0) is 25.5. The van der Waals surface area contributed by atoms with Gasteiger partial charge in [0, 0.05) is 31.1 Å². The average molecular weight is 560 g/mol. The molecule has 0 saturated carbocycles. The molecule has 0 bridgehead atoms. The maximum absolute atomic E-state index is 13.2. The van der Waals surface area contributed by atoms with Gasteiger partial charge in [0.2, 0.25) is 0 Å². The second-order valence-electron chi connectivity index (χ2n) is 8.94. The maximum atomic E-state index is 13.2. The Bertz CT molecular complexity index is 999. The highest BCUT2D eigenvalue weighted by atomic mass is 35.5. The molecule has 0 aromatic heterocycles. The smallest absolute Gasteiger partial charge is 0.259 e. The number of hydrogen-bond donors (Lipinski definition) is 2. The molecule has 11 heteroatoms. The topological polar surface area (TPSA) is 62.8 Å². The van der Waals surface area contributed by atoms with Gasteiger partial charge in [-0.05, 0) is 74.0 Å². The number of ether oxygens (including phenoxy) is 2. The van der Waals surface area contributed by atoms with E-state index in [4.69, 9.17) is 32.7 Å². The van der Waals surface area contributed by atoms with Crippen molar-refractivity contribution >= 4 is 46.7 Å². The first-order valence-electron chi connectivity index (χ1n) is 12.0. The Hall–Kier alpha value is -1.78. The highest BCUT2D eigenvalue weighted by Gasteiger charge is 2.27. The normalized spacial score (nSPS) is 19.4. The minimum Gasteiger partial charge on any atom is -0.491 e. The minimum atomic E-state index is -0.772. The van der Waals surface area contributed by atoms with Gasteiger partial charge in [0.25, 0.3) is 5.91 Å². The number of amides is 1. The van der Waals surface area contributed by atoms with Gasteiger partial charge < -0.3 is 14.8 Å². The summed E-state index contributed by atoms with van der Waals surface area (Å²) in [5, 5.41) is 4.15. The highest BCUT2D eigenvalue weighted by Crippen LogP contribution is 2.35. The van der Waals surface area contributed by atoms with Crippen LogP contribution in [0.15, 0.2) is 41.3 Å². The van der Waals surface area contributed by atoms with E-state index in [2.05, 4.69) is 10.0 Å². The van der Waals surface area contributed by atoms with Crippen LogP contribution in [0.5, 0.6) is 5.75 Å². The molecule has 2 aliphatic heterocycles. The van der Waals surface area contributed by atoms with Gasteiger partial charge in [-0.1, -0.05) is 23.2 Å². The van der Waals surface area contributed by atoms with E-state index in [1.54, 1.807) is 24.3 Å². The molecule has 0 spiro atoms. The van der Waals surface area contributed by atoms with Gasteiger partial charge >= 0.3 is 0 Å². The summed E-state index contributed by atoms with van der Waals surface area (Å²) < 4.78 is 40.6. The third-order valence-corrected chi connectivity index (χ3v) is 7.45. The van der Waals surface area contributed by atoms with Gasteiger partial charge in [-0.2, -0.15) is 0 Å². The van der Waals surface area contributed by atoms with Crippen molar-refractivity contribution in [2.45, 2.75) is 48.9 Å². The van der Waals surface area contributed by atoms with E-state index in [0.29, 0.717) is 65.5 Å². The van der Waals surface area contributed by atoms with Crippen LogP contribution < -0.4 is 14.8 Å². The summed E-state index contributed by atoms with van der Waals surface area (Å²) >= 11 is 14.3. The third-order valence-electron chi connectivity index (χ3n) is 6.08. The fourth-order valence-corrected chi connectivity index (χ4v) is 5.45. The quantitative estimate of drug-likeness (QED) is 0.343. The van der Waals surface area contributed by atoms with E-state index >= 15 is 0 Å². The first-order valence-corrected chi connectivity index (χ1v) is 13.5. The molecule has 4 rings (SSSR count). The molecule has 2 saturated heterocycles. The number of likely N-dealkylation sites (tertiary alicyclic amines) is 1. The molecule has 2 fully saturated rings. The first kappa shape index (κ1) is 27.3. The monoisotopic (exact) mass is 559 g/mol. The predicted molar refractivity (Wildman–Crippen MR) is 139 cm³/mol. The SMILES string of the molecule is O=C(NSc1cc(Cl)c(NC(CCN2CC(F)C2)COc2ccc(F)cc2)c(Cl)c1)C1CCCCO1. The summed E-state index contributed by atoms with van der Waals surface area (Å²) in [4.78, 5) is 15.1. The molecule has 1 amide bonds. The summed E-state index contributed by atoms with van der Waals surface area (Å²) in [5.74, 6) is 0.0285. The number of anilines is 1. The van der Waals surface area contributed by atoms with Crippen molar-refractivity contribution in [1.29, 1.82) is 0 Å². The van der Waals surface area contributed by atoms with E-state index < -0.39 is 12.3 Å². The molecule has 2 atom stereocenters. The molecular weight excluding hydrogens is 531 g/mol. The Balaban J connectivity index is 1.37. The molecule has 0 aliphatic carbocycles. The van der Waals surface area contributed by atoms with E-state index in [1.165, 1.54) is 12.1 Å². The lowest BCUT2D eigenvalue weighted by molar-refractivity contribution is -0.133. The van der Waals surface area contributed by atoms with E-state index in [0.717, 1.165) is 24.8 Å². The van der Waals surface area contributed by atoms with Crippen LogP contribution in [0.3, 0.4) is 0 Å². The Morgan fingerprint density at radius 1 is 1.19 bits per heavy atom. The van der Waals surface area contributed by atoms with Crippen molar-refractivity contribution in [3.63, 3.8) is 0 Å². The molecule has 2 unspecified atom stereocenters. The lowest BCUT2D eigenvalue weighted by Crippen LogP contribution is -2.49. The second kappa shape index (κ2) is 13.1. The van der Waals surface area contributed by atoms with Crippen LogP contribution in [-0.4, -0.2) is 62.0 Å². The Morgan fingerprint density at radius 2 is 1.92 bits per heavy atom. The van der Waals surface area contributed by atoms with Crippen molar-refractivity contribution in [2.24, 2.45) is 0 Å². The number of nitrogens with one attached hydrogen (secondary N) is 2. The number of carbonyl (C=O) groups is 1. The molecule has 0 radical (unpaired) electrons. The molecule has 2 heterocycles. The number of rotatable bonds is 11. The van der Waals surface area contributed by atoms with Gasteiger partial charge in [-0.15, -0.1) is 0 Å². The van der Waals surface area contributed by atoms with Crippen molar-refractivity contribution in [3.8, 4) is 5.75 Å². The average Bonchev–Trinajstić information content (AvgIpc) is 2.86. The van der Waals surface area contributed by atoms with Gasteiger partial charge in [0.05, 0.1) is 21.8 Å². The van der Waals surface area contributed by atoms with Gasteiger partial charge in [0.1, 0.15) is 30.4 Å². The summed E-state index contributed by atoms with van der Waals surface area (Å²) in [6.07, 6.45) is 2.11. The molecule has 36 heavy (non-hydrogen) atoms. The van der Waals surface area contributed by atoms with Gasteiger partial charge in [-0.3, -0.25) is 14.4 Å². The van der Waals surface area contributed by atoms with E-state index in [-0.39, 0.29) is 24.4 Å². The number of halogens is 4. The van der Waals surface area contributed by atoms with Crippen molar-refractivity contribution in [3.05, 3.63) is 52.3 Å². The summed E-state index contributed by atoms with van der Waals surface area (Å²) in [6.45, 7) is 2.41. The number of alkyl halides is 1. The maximum Gasteiger partial charge on any atom is 0.259 e. The Kier molecular flexibility index (Phi) is 9.95. The molecular formula is C25H29Cl2F2N3O3S. The molecule has 2 N–H and O–H groups in total. The molecule has 2 aromatic carbocycles. The molecule has 2 aromatic rings. The second-order valence-corrected chi connectivity index (χ2v) is 10.6. The minimum absolute atomic E-state index is 0.173. The highest BCUT2D eigenvalue weighted by molar-refractivity contribution is 7.98. The van der Waals surface area contributed by atoms with E-state index in [9.17, 15) is 13.6 Å². The van der Waals surface area contributed by atoms with Crippen molar-refractivity contribution < 1.29 is 23.0 Å². The van der Waals surface area contributed by atoms with Gasteiger partial charge in [0.15, 0.2) is 0 Å². The van der Waals surface area contributed by atoms with Crippen LogP contribution in [-0.2, 0) is 9.53 Å². The predicted octanol–water partition coefficient (Wildman–Crippen LogP) is 5.73. The van der Waals surface area contributed by atoms with E-state index in [1.807, 2.05) is 4.90 Å². The van der Waals surface area contributed by atoms with Crippen molar-refractivity contribution in [2.75, 3.05) is 38.2 Å². The standard InChI is InChI=1S/C25H29Cl2F2N3O3S/c26-21-11-20(36-31-25(33)23-3-1-2-10-34-23)12-22(27)24(21)30-18(8-9-32-13-17(29)14-32)15-35-19-6-4-16(28)5-7-19/h4-7,11-12,17-18,23,30H,1-3,8-10,13-15H2,(H,31,33). The largest absolute Gasteiger partial charge is 0.491 e. The fourth-order valence-electron chi connectivity index (χ4n) is 4.03. The summed E-state index contributed by atoms with van der Waals surface area (Å²) in [6, 6.07) is 9.06. The van der Waals surface area contributed by atoms with Crippen LogP contribution in [0.4, 0.5) is 14.5 Å². The molecule has 196 valence electrons. The Labute approximate surface area is 224 Å². The van der Waals surface area contributed by atoms with Crippen LogP contribution >= 0.6 is 35.1 Å². The van der Waals surface area contributed by atoms with Crippen LogP contribution in [0.25, 0.3) is 0 Å². The number of hydrogen-bond acceptors (Lipinski definition) is 6. The zero-order valence-corrected chi connectivity index (χ0v) is 22.0. The van der Waals surface area contributed by atoms with Crippen molar-refractivity contribution in [1.82, 2.24) is 9.62 Å². The Morgan fingerprint density at radius 3 is 2.56 bits per heavy atom. The number of carbonyl (C=O) groups excluding carboxylic acids is 1. The van der Waals surface area contributed by atoms with Crippen LogP contribution in [0, 0.1) is 5.82 Å². The lowest BCUT2D eigenvalue weighted by Gasteiger charge is -2.35. The number of benzene rings is 2. The zero-order valence-electron chi connectivity index (χ0n) is 19.7. The lowest BCUT2D eigenvalue weighted by atomic mass is 10.1. The summed E-state index contributed by atoms with van der Waals surface area (Å²) in [7, 11) is 0. The first-order chi connectivity index (χ1) is 17.4.